The molecule has 31 heavy (non-hydrogen) atoms. The lowest BCUT2D eigenvalue weighted by atomic mass is 9.84. The fourth-order valence-corrected chi connectivity index (χ4v) is 4.04. The van der Waals surface area contributed by atoms with Gasteiger partial charge in [0.25, 0.3) is 0 Å². The first kappa shape index (κ1) is 22.7. The van der Waals surface area contributed by atoms with Crippen LogP contribution in [0, 0.1) is 5.41 Å². The molecule has 1 aromatic rings. The number of ether oxygens (including phenoxy) is 1. The predicted octanol–water partition coefficient (Wildman–Crippen LogP) is 1.26. The molecule has 1 atom stereocenters. The minimum Gasteiger partial charge on any atom is -0.481 e. The van der Waals surface area contributed by atoms with E-state index in [2.05, 4.69) is 5.16 Å². The van der Waals surface area contributed by atoms with Crippen molar-refractivity contribution in [3.63, 3.8) is 0 Å². The smallest absolute Gasteiger partial charge is 0.317 e. The number of nitrogen functional groups attached to an aromatic ring is 1. The van der Waals surface area contributed by atoms with Crippen LogP contribution in [0.5, 0.6) is 0 Å². The van der Waals surface area contributed by atoms with E-state index < -0.39 is 17.5 Å². The third-order valence-electron chi connectivity index (χ3n) is 5.71. The highest BCUT2D eigenvalue weighted by molar-refractivity contribution is 6.02. The Kier molecular flexibility index (Phi) is 7.24. The largest absolute Gasteiger partial charge is 0.481 e. The number of piperidine rings is 1. The number of hydrogen-bond acceptors (Lipinski definition) is 7. The van der Waals surface area contributed by atoms with Crippen LogP contribution >= 0.6 is 0 Å². The summed E-state index contributed by atoms with van der Waals surface area (Å²) in [4.78, 5) is 29.4. The molecule has 2 heterocycles. The van der Waals surface area contributed by atoms with Gasteiger partial charge < -0.3 is 25.5 Å². The number of carbonyl (C=O) groups is 2. The maximum absolute atomic E-state index is 11.0. The maximum atomic E-state index is 11.0. The number of nitrogens with zero attached hydrogens (tertiary/aromatic N) is 2. The zero-order chi connectivity index (χ0) is 22.4. The SMILES string of the molecule is N=C(N)c1ccc(C2=NOC(CC3(OCCC(=O)O)CCN(CC(=O)O)CC3)C2)cc1. The molecule has 0 saturated carbocycles. The second-order valence-electron chi connectivity index (χ2n) is 8.01. The average Bonchev–Trinajstić information content (AvgIpc) is 3.17. The topological polar surface area (TPSA) is 159 Å². The second kappa shape index (κ2) is 9.88. The molecule has 1 aromatic carbocycles. The van der Waals surface area contributed by atoms with E-state index >= 15 is 0 Å². The monoisotopic (exact) mass is 432 g/mol. The van der Waals surface area contributed by atoms with Gasteiger partial charge >= 0.3 is 11.9 Å². The molecule has 0 radical (unpaired) electrons. The van der Waals surface area contributed by atoms with Crippen LogP contribution in [-0.4, -0.2) is 76.5 Å². The maximum Gasteiger partial charge on any atom is 0.317 e. The van der Waals surface area contributed by atoms with Crippen LogP contribution in [0.15, 0.2) is 29.4 Å². The summed E-state index contributed by atoms with van der Waals surface area (Å²) in [7, 11) is 0. The lowest BCUT2D eigenvalue weighted by molar-refractivity contribution is -0.147. The van der Waals surface area contributed by atoms with Gasteiger partial charge in [0.2, 0.25) is 0 Å². The van der Waals surface area contributed by atoms with Crippen LogP contribution in [-0.2, 0) is 19.2 Å². The molecule has 5 N–H and O–H groups in total. The predicted molar refractivity (Wildman–Crippen MR) is 112 cm³/mol. The summed E-state index contributed by atoms with van der Waals surface area (Å²) in [6.07, 6.45) is 2.04. The van der Waals surface area contributed by atoms with Gasteiger partial charge in [-0.15, -0.1) is 0 Å². The van der Waals surface area contributed by atoms with Crippen LogP contribution in [0.25, 0.3) is 0 Å². The molecule has 0 amide bonds. The van der Waals surface area contributed by atoms with E-state index in [1.54, 1.807) is 12.1 Å². The van der Waals surface area contributed by atoms with Crippen molar-refractivity contribution in [3.8, 4) is 0 Å². The van der Waals surface area contributed by atoms with Crippen LogP contribution in [0.2, 0.25) is 0 Å². The number of hydrogen-bond donors (Lipinski definition) is 4. The van der Waals surface area contributed by atoms with Crippen molar-refractivity contribution >= 4 is 23.5 Å². The highest BCUT2D eigenvalue weighted by atomic mass is 16.6. The Morgan fingerprint density at radius 1 is 1.23 bits per heavy atom. The molecule has 0 bridgehead atoms. The first-order chi connectivity index (χ1) is 14.8. The van der Waals surface area contributed by atoms with Gasteiger partial charge in [-0.2, -0.15) is 0 Å². The number of nitrogens with two attached hydrogens (primary N) is 1. The normalized spacial score (nSPS) is 20.6. The van der Waals surface area contributed by atoms with Crippen LogP contribution in [0.3, 0.4) is 0 Å². The van der Waals surface area contributed by atoms with Gasteiger partial charge in [0, 0.05) is 31.5 Å². The Labute approximate surface area is 180 Å². The molecule has 2 aliphatic heterocycles. The molecule has 1 unspecified atom stereocenters. The number of likely N-dealkylation sites (tertiary alicyclic amines) is 1. The van der Waals surface area contributed by atoms with E-state index in [1.807, 2.05) is 17.0 Å². The number of carboxylic acid groups (broad SMARTS) is 2. The fourth-order valence-electron chi connectivity index (χ4n) is 4.04. The van der Waals surface area contributed by atoms with Crippen molar-refractivity contribution in [2.45, 2.75) is 43.8 Å². The van der Waals surface area contributed by atoms with Gasteiger partial charge in [0.05, 0.1) is 30.9 Å². The number of benzene rings is 1. The zero-order valence-corrected chi connectivity index (χ0v) is 17.2. The van der Waals surface area contributed by atoms with Gasteiger partial charge in [0.15, 0.2) is 0 Å². The molecule has 0 aliphatic carbocycles. The van der Waals surface area contributed by atoms with Crippen LogP contribution < -0.4 is 5.73 Å². The van der Waals surface area contributed by atoms with E-state index in [4.69, 9.17) is 30.9 Å². The summed E-state index contributed by atoms with van der Waals surface area (Å²) >= 11 is 0. The number of rotatable bonds is 10. The van der Waals surface area contributed by atoms with E-state index in [-0.39, 0.29) is 31.5 Å². The summed E-state index contributed by atoms with van der Waals surface area (Å²) in [6, 6.07) is 7.24. The molecule has 1 fully saturated rings. The molecule has 0 spiro atoms. The van der Waals surface area contributed by atoms with Crippen molar-refractivity contribution in [3.05, 3.63) is 35.4 Å². The average molecular weight is 432 g/mol. The standard InChI is InChI=1S/C21H28N4O6/c22-20(23)15-3-1-14(2-4-15)17-11-16(31-24-17)12-21(30-10-5-18(26)27)6-8-25(9-7-21)13-19(28)29/h1-4,16H,5-13H2,(H3,22,23)(H,26,27)(H,28,29). The van der Waals surface area contributed by atoms with Crippen molar-refractivity contribution < 1.29 is 29.4 Å². The Morgan fingerprint density at radius 2 is 1.90 bits per heavy atom. The number of nitrogens with one attached hydrogen (secondary N) is 1. The Hall–Kier alpha value is -2.98. The van der Waals surface area contributed by atoms with Crippen LogP contribution in [0.1, 0.15) is 43.2 Å². The van der Waals surface area contributed by atoms with Gasteiger partial charge in [-0.1, -0.05) is 29.4 Å². The molecular formula is C21H28N4O6. The summed E-state index contributed by atoms with van der Waals surface area (Å²) in [5, 5.41) is 29.7. The summed E-state index contributed by atoms with van der Waals surface area (Å²) in [5.74, 6) is -1.79. The lowest BCUT2D eigenvalue weighted by Crippen LogP contribution is -2.49. The third-order valence-corrected chi connectivity index (χ3v) is 5.71. The molecule has 10 heteroatoms. The minimum atomic E-state index is -0.921. The minimum absolute atomic E-state index is 0.00345. The van der Waals surface area contributed by atoms with Crippen LogP contribution in [0.4, 0.5) is 0 Å². The molecular weight excluding hydrogens is 404 g/mol. The van der Waals surface area contributed by atoms with E-state index in [9.17, 15) is 9.59 Å². The number of aliphatic carboxylic acids is 2. The Balaban J connectivity index is 1.61. The van der Waals surface area contributed by atoms with E-state index in [1.165, 1.54) is 0 Å². The van der Waals surface area contributed by atoms with E-state index in [0.29, 0.717) is 44.3 Å². The Bertz CT molecular complexity index is 846. The van der Waals surface area contributed by atoms with Gasteiger partial charge in [-0.3, -0.25) is 19.9 Å². The molecule has 168 valence electrons. The molecule has 3 rings (SSSR count). The summed E-state index contributed by atoms with van der Waals surface area (Å²) < 4.78 is 6.06. The van der Waals surface area contributed by atoms with Gasteiger partial charge in [-0.25, -0.2) is 0 Å². The van der Waals surface area contributed by atoms with Crippen molar-refractivity contribution in [1.82, 2.24) is 4.90 Å². The number of oxime groups is 1. The summed E-state index contributed by atoms with van der Waals surface area (Å²) in [5.41, 5.74) is 7.25. The molecule has 0 aromatic heterocycles. The lowest BCUT2D eigenvalue weighted by Gasteiger charge is -2.42. The molecule has 10 nitrogen and oxygen atoms in total. The van der Waals surface area contributed by atoms with Gasteiger partial charge in [0.1, 0.15) is 11.9 Å². The van der Waals surface area contributed by atoms with E-state index in [0.717, 1.165) is 11.3 Å². The van der Waals surface area contributed by atoms with Crippen molar-refractivity contribution in [1.29, 1.82) is 5.41 Å². The third kappa shape index (κ3) is 6.25. The highest BCUT2D eigenvalue weighted by Gasteiger charge is 2.40. The Morgan fingerprint density at radius 3 is 2.48 bits per heavy atom. The number of carboxylic acids is 2. The first-order valence-electron chi connectivity index (χ1n) is 10.2. The fraction of sp³-hybridized carbons (Fsp3) is 0.524. The van der Waals surface area contributed by atoms with Gasteiger partial charge in [-0.05, 0) is 18.4 Å². The van der Waals surface area contributed by atoms with Crippen molar-refractivity contribution in [2.75, 3.05) is 26.2 Å². The second-order valence-corrected chi connectivity index (χ2v) is 8.01. The quantitative estimate of drug-likeness (QED) is 0.318. The molecule has 1 saturated heterocycles. The van der Waals surface area contributed by atoms with Crippen molar-refractivity contribution in [2.24, 2.45) is 10.9 Å². The molecule has 2 aliphatic rings. The summed E-state index contributed by atoms with van der Waals surface area (Å²) in [6.45, 7) is 1.20. The number of amidine groups is 1. The first-order valence-corrected chi connectivity index (χ1v) is 10.2. The zero-order valence-electron chi connectivity index (χ0n) is 17.2. The highest BCUT2D eigenvalue weighted by Crippen LogP contribution is 2.35.